The molecular formula is C109H74B2N8. The van der Waals surface area contributed by atoms with Crippen LogP contribution in [-0.2, 0) is 0 Å². The van der Waals surface area contributed by atoms with Crippen LogP contribution in [0.1, 0.15) is 5.56 Å². The van der Waals surface area contributed by atoms with E-state index in [0.29, 0.717) is 0 Å². The third-order valence-corrected chi connectivity index (χ3v) is 25.0. The van der Waals surface area contributed by atoms with Crippen molar-refractivity contribution < 1.29 is 0 Å². The molecule has 24 rings (SSSR count). The van der Waals surface area contributed by atoms with Crippen LogP contribution in [0, 0.1) is 6.92 Å². The van der Waals surface area contributed by atoms with Crippen molar-refractivity contribution in [1.29, 1.82) is 0 Å². The highest BCUT2D eigenvalue weighted by atomic mass is 15.2. The SMILES string of the molecule is Cc1ccc(N2c3cc(N(c4ccccc4)c4ccc5c(c4)c4ccccc4n5-c4cccc(-c5cccc(N6c7cc(N(c8ccccc8)c8ccc9c(c8)c8ccccc8n9-c8ccccc8)ccc7B7c8ccccc8N(c8ccccc8)c8cccc6c87)c5)c4)ccc3B3c4ccccc4N(c4ccccc4)c4cccc2c43)cc1. The zero-order valence-electron chi connectivity index (χ0n) is 65.2. The van der Waals surface area contributed by atoms with E-state index in [1.54, 1.807) is 0 Å². The molecule has 0 aliphatic carbocycles. The molecule has 0 fully saturated rings. The summed E-state index contributed by atoms with van der Waals surface area (Å²) in [7, 11) is 0. The number of hydrogen-bond acceptors (Lipinski definition) is 6. The van der Waals surface area contributed by atoms with Crippen molar-refractivity contribution in [1.82, 2.24) is 9.13 Å². The summed E-state index contributed by atoms with van der Waals surface area (Å²) in [5.41, 5.74) is 38.0. The van der Waals surface area contributed by atoms with Crippen molar-refractivity contribution in [2.45, 2.75) is 6.92 Å². The van der Waals surface area contributed by atoms with Gasteiger partial charge in [-0.2, -0.15) is 0 Å². The normalized spacial score (nSPS) is 12.8. The van der Waals surface area contributed by atoms with Crippen molar-refractivity contribution >= 4 is 192 Å². The molecule has 6 heterocycles. The summed E-state index contributed by atoms with van der Waals surface area (Å²) in [5.74, 6) is 0. The second kappa shape index (κ2) is 27.3. The van der Waals surface area contributed by atoms with Crippen molar-refractivity contribution in [3.8, 4) is 22.5 Å². The van der Waals surface area contributed by atoms with E-state index in [9.17, 15) is 0 Å². The second-order valence-corrected chi connectivity index (χ2v) is 31.6. The maximum absolute atomic E-state index is 2.55. The molecule has 0 spiro atoms. The largest absolute Gasteiger partial charge is 0.311 e. The summed E-state index contributed by atoms with van der Waals surface area (Å²) in [4.78, 5) is 14.9. The Balaban J connectivity index is 0.639. The lowest BCUT2D eigenvalue weighted by atomic mass is 9.33. The molecule has 18 aromatic carbocycles. The lowest BCUT2D eigenvalue weighted by molar-refractivity contribution is 1.18. The molecule has 119 heavy (non-hydrogen) atoms. The Kier molecular flexibility index (Phi) is 15.6. The van der Waals surface area contributed by atoms with Gasteiger partial charge in [-0.1, -0.05) is 230 Å². The minimum Gasteiger partial charge on any atom is -0.311 e. The van der Waals surface area contributed by atoms with E-state index in [-0.39, 0.29) is 13.4 Å². The minimum atomic E-state index is -0.0719. The first-order chi connectivity index (χ1) is 59.0. The van der Waals surface area contributed by atoms with Gasteiger partial charge in [0.1, 0.15) is 0 Å². The number of anilines is 18. The Labute approximate surface area is 691 Å². The molecular weight excluding hydrogens is 1440 g/mol. The molecule has 20 aromatic rings. The van der Waals surface area contributed by atoms with Crippen molar-refractivity contribution in [2.75, 3.05) is 29.4 Å². The first kappa shape index (κ1) is 67.9. The molecule has 0 radical (unpaired) electrons. The van der Waals surface area contributed by atoms with E-state index in [1.165, 1.54) is 88.5 Å². The van der Waals surface area contributed by atoms with Gasteiger partial charge in [0.2, 0.25) is 0 Å². The molecule has 556 valence electrons. The number of rotatable bonds is 13. The Hall–Kier alpha value is -15.5. The topological polar surface area (TPSA) is 29.3 Å². The maximum atomic E-state index is 2.55. The van der Waals surface area contributed by atoms with Crippen molar-refractivity contribution in [3.63, 3.8) is 0 Å². The third kappa shape index (κ3) is 10.7. The minimum absolute atomic E-state index is 0.0169. The summed E-state index contributed by atoms with van der Waals surface area (Å²) in [6.07, 6.45) is 0. The van der Waals surface area contributed by atoms with Crippen LogP contribution in [0.15, 0.2) is 431 Å². The van der Waals surface area contributed by atoms with Gasteiger partial charge in [-0.25, -0.2) is 0 Å². The van der Waals surface area contributed by atoms with Gasteiger partial charge in [0, 0.05) is 135 Å². The monoisotopic (exact) mass is 1520 g/mol. The van der Waals surface area contributed by atoms with Gasteiger partial charge >= 0.3 is 0 Å². The van der Waals surface area contributed by atoms with Crippen LogP contribution < -0.4 is 62.2 Å². The lowest BCUT2D eigenvalue weighted by Gasteiger charge is -2.44. The summed E-state index contributed by atoms with van der Waals surface area (Å²) in [5, 5.41) is 4.74. The van der Waals surface area contributed by atoms with Crippen LogP contribution in [0.5, 0.6) is 0 Å². The molecule has 0 N–H and O–H groups in total. The van der Waals surface area contributed by atoms with Crippen LogP contribution >= 0.6 is 0 Å². The van der Waals surface area contributed by atoms with Gasteiger partial charge < -0.3 is 38.5 Å². The standard InChI is InChI=1S/C109H74B2N8/c1-73-55-57-81(58-56-73)117-104-53-27-51-102-108(104)110(92-45-19-23-49-100(92)115(102)79-37-13-5-14-38-79)94-63-59-86(71-106(94)117)112(76-31-7-2-8-32-76)85-62-66-99-91(70-85)89-44-18-22-48-97(89)118(99)82-41-25-29-74(67-82)75-30-26-42-83(68-75)119-105-54-28-52-103-109(105)111(93-46-20-24-50-101(93)116(103)80-39-15-6-16-40-80)95-64-60-87(72-107(95)119)113(77-33-9-3-10-34-77)84-61-65-98-90(69-84)88-43-17-21-47-96(88)114(98)78-35-11-4-12-36-78/h2-72H,1H3. The average Bonchev–Trinajstić information content (AvgIpc) is 1.67. The van der Waals surface area contributed by atoms with Gasteiger partial charge in [-0.15, -0.1) is 0 Å². The van der Waals surface area contributed by atoms with Crippen LogP contribution in [0.2, 0.25) is 0 Å². The van der Waals surface area contributed by atoms with E-state index in [1.807, 2.05) is 0 Å². The first-order valence-electron chi connectivity index (χ1n) is 41.1. The Morgan fingerprint density at radius 1 is 0.193 bits per heavy atom. The number of benzene rings is 18. The molecule has 0 unspecified atom stereocenters. The highest BCUT2D eigenvalue weighted by molar-refractivity contribution is 7.01. The van der Waals surface area contributed by atoms with Crippen molar-refractivity contribution in [2.24, 2.45) is 0 Å². The fraction of sp³-hybridized carbons (Fsp3) is 0.00917. The number of para-hydroxylation sites is 9. The molecule has 0 saturated heterocycles. The second-order valence-electron chi connectivity index (χ2n) is 31.6. The van der Waals surface area contributed by atoms with Gasteiger partial charge in [0.05, 0.1) is 22.1 Å². The molecule has 0 bridgehead atoms. The number of fused-ring (bicyclic) bond motifs is 14. The van der Waals surface area contributed by atoms with Crippen LogP contribution in [-0.4, -0.2) is 22.6 Å². The van der Waals surface area contributed by atoms with E-state index < -0.39 is 0 Å². The molecule has 4 aliphatic rings. The quantitative estimate of drug-likeness (QED) is 0.107. The average molecular weight is 1520 g/mol. The lowest BCUT2D eigenvalue weighted by Crippen LogP contribution is -2.61. The molecule has 0 amide bonds. The van der Waals surface area contributed by atoms with E-state index in [4.69, 9.17) is 0 Å². The fourth-order valence-electron chi connectivity index (χ4n) is 20.0. The smallest absolute Gasteiger partial charge is 0.252 e. The van der Waals surface area contributed by atoms with Crippen LogP contribution in [0.4, 0.5) is 102 Å². The van der Waals surface area contributed by atoms with Gasteiger partial charge in [0.15, 0.2) is 0 Å². The van der Waals surface area contributed by atoms with Gasteiger partial charge in [0.25, 0.3) is 13.4 Å². The molecule has 10 heteroatoms. The molecule has 2 aromatic heterocycles. The fourth-order valence-corrected chi connectivity index (χ4v) is 20.0. The highest BCUT2D eigenvalue weighted by Crippen LogP contribution is 2.51. The third-order valence-electron chi connectivity index (χ3n) is 25.0. The number of nitrogens with zero attached hydrogens (tertiary/aromatic N) is 8. The van der Waals surface area contributed by atoms with Crippen LogP contribution in [0.3, 0.4) is 0 Å². The van der Waals surface area contributed by atoms with Crippen LogP contribution in [0.25, 0.3) is 66.1 Å². The first-order valence-corrected chi connectivity index (χ1v) is 41.1. The van der Waals surface area contributed by atoms with Crippen molar-refractivity contribution in [3.05, 3.63) is 436 Å². The van der Waals surface area contributed by atoms with Gasteiger partial charge in [-0.05, 0) is 257 Å². The zero-order chi connectivity index (χ0) is 78.3. The predicted molar refractivity (Wildman–Crippen MR) is 503 cm³/mol. The maximum Gasteiger partial charge on any atom is 0.252 e. The van der Waals surface area contributed by atoms with Gasteiger partial charge in [-0.3, -0.25) is 0 Å². The number of aryl methyl sites for hydroxylation is 1. The van der Waals surface area contributed by atoms with E-state index in [0.717, 1.165) is 118 Å². The summed E-state index contributed by atoms with van der Waals surface area (Å²) in [6.45, 7) is 2.08. The molecule has 4 aliphatic heterocycles. The highest BCUT2D eigenvalue weighted by Gasteiger charge is 2.46. The summed E-state index contributed by atoms with van der Waals surface area (Å²) < 4.78 is 4.86. The summed E-state index contributed by atoms with van der Waals surface area (Å²) >= 11 is 0. The Morgan fingerprint density at radius 3 is 0.992 bits per heavy atom. The van der Waals surface area contributed by atoms with E-state index in [2.05, 4.69) is 476 Å². The predicted octanol–water partition coefficient (Wildman–Crippen LogP) is 25.0. The number of hydrogen-bond donors (Lipinski definition) is 0. The number of aromatic nitrogens is 2. The molecule has 8 nitrogen and oxygen atoms in total. The Bertz CT molecular complexity index is 7440. The molecule has 0 atom stereocenters. The Morgan fingerprint density at radius 2 is 0.513 bits per heavy atom. The zero-order valence-corrected chi connectivity index (χ0v) is 65.2. The molecule has 0 saturated carbocycles. The summed E-state index contributed by atoms with van der Waals surface area (Å²) in [6, 6.07) is 160. The van der Waals surface area contributed by atoms with E-state index >= 15 is 0 Å².